The van der Waals surface area contributed by atoms with Gasteiger partial charge in [-0.05, 0) is 28.8 Å². The van der Waals surface area contributed by atoms with Gasteiger partial charge in [-0.1, -0.05) is 66.7 Å². The number of nitro benzene ring substituents is 1. The number of hydrogen-bond acceptors (Lipinski definition) is 4. The van der Waals surface area contributed by atoms with E-state index in [4.69, 9.17) is 0 Å². The zero-order valence-electron chi connectivity index (χ0n) is 15.5. The molecule has 0 amide bonds. The summed E-state index contributed by atoms with van der Waals surface area (Å²) in [4.78, 5) is 15.1. The van der Waals surface area contributed by atoms with Crippen LogP contribution in [0.15, 0.2) is 91.1 Å². The molecule has 5 nitrogen and oxygen atoms in total. The molecular weight excluding hydrogens is 364 g/mol. The highest BCUT2D eigenvalue weighted by atomic mass is 16.6. The van der Waals surface area contributed by atoms with Crippen molar-refractivity contribution in [2.75, 3.05) is 0 Å². The van der Waals surface area contributed by atoms with Crippen molar-refractivity contribution in [1.82, 2.24) is 4.98 Å². The van der Waals surface area contributed by atoms with Crippen LogP contribution in [0.3, 0.4) is 0 Å². The molecule has 0 fully saturated rings. The molecule has 1 N–H and O–H groups in total. The molecule has 0 unspecified atom stereocenters. The number of nitro groups is 1. The van der Waals surface area contributed by atoms with Crippen molar-refractivity contribution >= 4 is 5.69 Å². The van der Waals surface area contributed by atoms with Gasteiger partial charge in [-0.3, -0.25) is 15.1 Å². The van der Waals surface area contributed by atoms with Gasteiger partial charge in [0.15, 0.2) is 0 Å². The average molecular weight is 382 g/mol. The van der Waals surface area contributed by atoms with Gasteiger partial charge in [-0.2, -0.15) is 0 Å². The Hall–Kier alpha value is -3.99. The number of aromatic hydroxyl groups is 1. The maximum absolute atomic E-state index is 11.3. The van der Waals surface area contributed by atoms with Crippen LogP contribution in [0.4, 0.5) is 5.69 Å². The number of rotatable bonds is 5. The fraction of sp³-hybridized carbons (Fsp3) is 0.0417. The Kier molecular flexibility index (Phi) is 5.03. The summed E-state index contributed by atoms with van der Waals surface area (Å²) in [6.07, 6.45) is 1.80. The molecule has 0 spiro atoms. The Labute approximate surface area is 168 Å². The van der Waals surface area contributed by atoms with Gasteiger partial charge in [0.2, 0.25) is 0 Å². The highest BCUT2D eigenvalue weighted by Gasteiger charge is 2.17. The zero-order chi connectivity index (χ0) is 20.2. The second-order valence-electron chi connectivity index (χ2n) is 6.66. The smallest absolute Gasteiger partial charge is 0.272 e. The van der Waals surface area contributed by atoms with E-state index in [0.29, 0.717) is 16.8 Å². The number of para-hydroxylation sites is 1. The lowest BCUT2D eigenvalue weighted by molar-refractivity contribution is -0.385. The molecule has 1 aromatic heterocycles. The summed E-state index contributed by atoms with van der Waals surface area (Å²) in [5.41, 5.74) is 4.56. The van der Waals surface area contributed by atoms with Gasteiger partial charge >= 0.3 is 0 Å². The number of aromatic nitrogens is 1. The third-order valence-electron chi connectivity index (χ3n) is 4.83. The van der Waals surface area contributed by atoms with E-state index in [0.717, 1.165) is 16.7 Å². The first kappa shape index (κ1) is 18.4. The molecule has 4 rings (SSSR count). The maximum Gasteiger partial charge on any atom is 0.272 e. The highest BCUT2D eigenvalue weighted by molar-refractivity contribution is 5.76. The van der Waals surface area contributed by atoms with Crippen LogP contribution in [0.1, 0.15) is 11.3 Å². The molecular formula is C24H18N2O3. The van der Waals surface area contributed by atoms with E-state index < -0.39 is 4.92 Å². The van der Waals surface area contributed by atoms with Gasteiger partial charge < -0.3 is 5.11 Å². The van der Waals surface area contributed by atoms with Crippen LogP contribution in [0, 0.1) is 10.1 Å². The van der Waals surface area contributed by atoms with Crippen molar-refractivity contribution in [3.63, 3.8) is 0 Å². The molecule has 0 atom stereocenters. The molecule has 0 radical (unpaired) electrons. The van der Waals surface area contributed by atoms with Crippen molar-refractivity contribution in [2.45, 2.75) is 6.42 Å². The quantitative estimate of drug-likeness (QED) is 0.359. The van der Waals surface area contributed by atoms with E-state index >= 15 is 0 Å². The van der Waals surface area contributed by atoms with E-state index in [-0.39, 0.29) is 17.9 Å². The van der Waals surface area contributed by atoms with E-state index in [1.54, 1.807) is 30.5 Å². The first-order valence-corrected chi connectivity index (χ1v) is 9.18. The molecule has 0 aliphatic rings. The van der Waals surface area contributed by atoms with Crippen LogP contribution in [0.2, 0.25) is 0 Å². The molecule has 29 heavy (non-hydrogen) atoms. The van der Waals surface area contributed by atoms with Gasteiger partial charge in [0, 0.05) is 29.8 Å². The first-order chi connectivity index (χ1) is 14.1. The summed E-state index contributed by atoms with van der Waals surface area (Å²) in [5.74, 6) is 0.0378. The second-order valence-corrected chi connectivity index (χ2v) is 6.66. The summed E-state index contributed by atoms with van der Waals surface area (Å²) < 4.78 is 0. The summed E-state index contributed by atoms with van der Waals surface area (Å²) in [6.45, 7) is 0. The minimum absolute atomic E-state index is 0.0187. The number of benzene rings is 3. The lowest BCUT2D eigenvalue weighted by atomic mass is 9.97. The standard InChI is InChI=1S/C24H18N2O3/c27-24-21(19-11-6-10-18(15-19)17-7-2-1-3-8-17)13-14-25-22(24)16-20-9-4-5-12-23(20)26(28)29/h1-15,27H,16H2. The summed E-state index contributed by atoms with van der Waals surface area (Å²) >= 11 is 0. The Morgan fingerprint density at radius 2 is 1.52 bits per heavy atom. The van der Waals surface area contributed by atoms with Crippen molar-refractivity contribution < 1.29 is 10.0 Å². The lowest BCUT2D eigenvalue weighted by Gasteiger charge is -2.11. The van der Waals surface area contributed by atoms with Gasteiger partial charge in [-0.15, -0.1) is 0 Å². The van der Waals surface area contributed by atoms with Crippen molar-refractivity contribution in [3.05, 3.63) is 112 Å². The molecule has 0 saturated carbocycles. The summed E-state index contributed by atoms with van der Waals surface area (Å²) in [6, 6.07) is 26.2. The van der Waals surface area contributed by atoms with Gasteiger partial charge in [-0.25, -0.2) is 0 Å². The summed E-state index contributed by atoms with van der Waals surface area (Å²) in [7, 11) is 0. The molecule has 4 aromatic rings. The van der Waals surface area contributed by atoms with E-state index in [2.05, 4.69) is 4.98 Å². The second kappa shape index (κ2) is 7.94. The van der Waals surface area contributed by atoms with Gasteiger partial charge in [0.05, 0.1) is 10.6 Å². The maximum atomic E-state index is 11.3. The largest absolute Gasteiger partial charge is 0.505 e. The number of pyridine rings is 1. The van der Waals surface area contributed by atoms with Crippen molar-refractivity contribution in [3.8, 4) is 28.0 Å². The Morgan fingerprint density at radius 1 is 0.828 bits per heavy atom. The highest BCUT2D eigenvalue weighted by Crippen LogP contribution is 2.35. The Balaban J connectivity index is 1.72. The van der Waals surface area contributed by atoms with Crippen LogP contribution < -0.4 is 0 Å². The van der Waals surface area contributed by atoms with Gasteiger partial charge in [0.1, 0.15) is 5.75 Å². The van der Waals surface area contributed by atoms with Crippen molar-refractivity contribution in [1.29, 1.82) is 0 Å². The predicted octanol–water partition coefficient (Wildman–Crippen LogP) is 5.62. The normalized spacial score (nSPS) is 10.6. The van der Waals surface area contributed by atoms with Crippen LogP contribution in [0.5, 0.6) is 5.75 Å². The molecule has 5 heteroatoms. The van der Waals surface area contributed by atoms with Crippen LogP contribution in [-0.2, 0) is 6.42 Å². The fourth-order valence-corrected chi connectivity index (χ4v) is 3.38. The van der Waals surface area contributed by atoms with E-state index in [1.807, 2.05) is 54.6 Å². The molecule has 1 heterocycles. The van der Waals surface area contributed by atoms with Crippen molar-refractivity contribution in [2.24, 2.45) is 0 Å². The minimum Gasteiger partial charge on any atom is -0.505 e. The minimum atomic E-state index is -0.417. The topological polar surface area (TPSA) is 76.3 Å². The Bertz CT molecular complexity index is 1170. The molecule has 142 valence electrons. The predicted molar refractivity (Wildman–Crippen MR) is 113 cm³/mol. The summed E-state index contributed by atoms with van der Waals surface area (Å²) in [5, 5.41) is 22.1. The molecule has 3 aromatic carbocycles. The van der Waals surface area contributed by atoms with Crippen LogP contribution in [-0.4, -0.2) is 15.0 Å². The van der Waals surface area contributed by atoms with E-state index in [9.17, 15) is 15.2 Å². The number of nitrogens with zero attached hydrogens (tertiary/aromatic N) is 2. The molecule has 0 saturated heterocycles. The molecule has 0 aliphatic carbocycles. The van der Waals surface area contributed by atoms with Crippen LogP contribution in [0.25, 0.3) is 22.3 Å². The molecule has 0 aliphatic heterocycles. The third kappa shape index (κ3) is 3.84. The van der Waals surface area contributed by atoms with E-state index in [1.165, 1.54) is 6.07 Å². The third-order valence-corrected chi connectivity index (χ3v) is 4.83. The number of hydrogen-bond donors (Lipinski definition) is 1. The average Bonchev–Trinajstić information content (AvgIpc) is 2.76. The van der Waals surface area contributed by atoms with Gasteiger partial charge in [0.25, 0.3) is 5.69 Å². The van der Waals surface area contributed by atoms with Crippen LogP contribution >= 0.6 is 0 Å². The first-order valence-electron chi connectivity index (χ1n) is 9.18. The molecule has 0 bridgehead atoms. The zero-order valence-corrected chi connectivity index (χ0v) is 15.5. The monoisotopic (exact) mass is 382 g/mol. The SMILES string of the molecule is O=[N+]([O-])c1ccccc1Cc1nccc(-c2cccc(-c3ccccc3)c2)c1O. The Morgan fingerprint density at radius 3 is 2.31 bits per heavy atom. The fourth-order valence-electron chi connectivity index (χ4n) is 3.38. The lowest BCUT2D eigenvalue weighted by Crippen LogP contribution is -1.99.